The number of nitrogens with one attached hydrogen (secondary N) is 1. The van der Waals surface area contributed by atoms with E-state index in [1.165, 1.54) is 6.07 Å². The number of unbranched alkanes of at least 4 members (excludes halogenated alkanes) is 1. The molecule has 0 heterocycles. The first-order valence-corrected chi connectivity index (χ1v) is 11.8. The second-order valence-electron chi connectivity index (χ2n) is 8.63. The fourth-order valence-electron chi connectivity index (χ4n) is 4.34. The van der Waals surface area contributed by atoms with Crippen molar-refractivity contribution in [2.45, 2.75) is 39.5 Å². The van der Waals surface area contributed by atoms with E-state index in [1.54, 1.807) is 48.5 Å². The van der Waals surface area contributed by atoms with Crippen LogP contribution in [0.15, 0.2) is 54.6 Å². The fraction of sp³-hybridized carbons (Fsp3) is 0.250. The lowest BCUT2D eigenvalue weighted by Gasteiger charge is -2.21. The van der Waals surface area contributed by atoms with Crippen molar-refractivity contribution in [2.75, 3.05) is 11.1 Å². The highest BCUT2D eigenvalue weighted by Crippen LogP contribution is 2.42. The van der Waals surface area contributed by atoms with E-state index in [0.717, 1.165) is 25.7 Å². The van der Waals surface area contributed by atoms with Crippen molar-refractivity contribution in [3.05, 3.63) is 76.9 Å². The van der Waals surface area contributed by atoms with Crippen molar-refractivity contribution in [1.82, 2.24) is 0 Å². The molecule has 7 nitrogen and oxygen atoms in total. The topological polar surface area (TPSA) is 119 Å². The Morgan fingerprint density at radius 3 is 2.34 bits per heavy atom. The van der Waals surface area contributed by atoms with Crippen molar-refractivity contribution < 1.29 is 24.2 Å². The zero-order valence-electron chi connectivity index (χ0n) is 19.8. The van der Waals surface area contributed by atoms with E-state index in [4.69, 9.17) is 10.5 Å². The summed E-state index contributed by atoms with van der Waals surface area (Å²) in [5.74, 6) is -1.03. The molecule has 1 amide bonds. The van der Waals surface area contributed by atoms with Crippen molar-refractivity contribution in [1.29, 1.82) is 0 Å². The number of anilines is 2. The van der Waals surface area contributed by atoms with Crippen LogP contribution >= 0.6 is 0 Å². The van der Waals surface area contributed by atoms with Gasteiger partial charge in [0.2, 0.25) is 5.91 Å². The first-order valence-electron chi connectivity index (χ1n) is 11.8. The molecule has 0 fully saturated rings. The van der Waals surface area contributed by atoms with Crippen molar-refractivity contribution in [3.8, 4) is 17.2 Å². The number of ketones is 2. The number of hydrogen-bond acceptors (Lipinski definition) is 6. The standard InChI is InChI=1S/C28H28N2O5/c1-3-5-9-16(4-2)28(34)30-17-10-8-11-18(14-17)35-22-15-21(31)23-24(25(22)29)27(33)20-13-7-6-12-19(20)26(23)32/h6-8,10-16,31H,3-5,9,29H2,1-2H3,(H,30,34). The molecule has 7 heteroatoms. The number of rotatable bonds is 8. The average Bonchev–Trinajstić information content (AvgIpc) is 2.85. The second-order valence-corrected chi connectivity index (χ2v) is 8.63. The first-order chi connectivity index (χ1) is 16.8. The molecule has 0 saturated carbocycles. The number of nitrogens with two attached hydrogens (primary N) is 1. The number of hydrogen-bond donors (Lipinski definition) is 3. The van der Waals surface area contributed by atoms with Crippen LogP contribution in [0.4, 0.5) is 11.4 Å². The molecule has 1 unspecified atom stereocenters. The Hall–Kier alpha value is -4.13. The maximum atomic E-state index is 13.1. The van der Waals surface area contributed by atoms with Gasteiger partial charge in [-0.25, -0.2) is 0 Å². The Kier molecular flexibility index (Phi) is 6.87. The van der Waals surface area contributed by atoms with Gasteiger partial charge in [-0.15, -0.1) is 0 Å². The summed E-state index contributed by atoms with van der Waals surface area (Å²) < 4.78 is 5.90. The third-order valence-electron chi connectivity index (χ3n) is 6.28. The normalized spacial score (nSPS) is 13.1. The van der Waals surface area contributed by atoms with Gasteiger partial charge in [-0.3, -0.25) is 14.4 Å². The minimum absolute atomic E-state index is 0.0364. The third-order valence-corrected chi connectivity index (χ3v) is 6.28. The maximum Gasteiger partial charge on any atom is 0.227 e. The Bertz CT molecular complexity index is 1310. The van der Waals surface area contributed by atoms with Gasteiger partial charge in [0.1, 0.15) is 11.5 Å². The minimum atomic E-state index is -0.468. The van der Waals surface area contributed by atoms with Gasteiger partial charge < -0.3 is 20.9 Å². The summed E-state index contributed by atoms with van der Waals surface area (Å²) >= 11 is 0. The summed E-state index contributed by atoms with van der Waals surface area (Å²) in [4.78, 5) is 38.7. The molecule has 3 aromatic carbocycles. The highest BCUT2D eigenvalue weighted by Gasteiger charge is 2.35. The molecule has 3 aromatic rings. The monoisotopic (exact) mass is 472 g/mol. The van der Waals surface area contributed by atoms with Gasteiger partial charge in [0, 0.05) is 34.9 Å². The number of nitrogen functional groups attached to an aromatic ring is 1. The molecule has 35 heavy (non-hydrogen) atoms. The predicted molar refractivity (Wildman–Crippen MR) is 134 cm³/mol. The lowest BCUT2D eigenvalue weighted by atomic mass is 9.82. The van der Waals surface area contributed by atoms with Gasteiger partial charge in [-0.2, -0.15) is 0 Å². The van der Waals surface area contributed by atoms with Crippen molar-refractivity contribution in [2.24, 2.45) is 5.92 Å². The molecule has 1 aliphatic carbocycles. The smallest absolute Gasteiger partial charge is 0.227 e. The molecular weight excluding hydrogens is 444 g/mol. The van der Waals surface area contributed by atoms with Crippen molar-refractivity contribution >= 4 is 28.8 Å². The van der Waals surface area contributed by atoms with E-state index in [0.29, 0.717) is 11.4 Å². The number of carbonyl (C=O) groups excluding carboxylic acids is 3. The van der Waals surface area contributed by atoms with E-state index >= 15 is 0 Å². The average molecular weight is 473 g/mol. The SMILES string of the molecule is CCCCC(CC)C(=O)Nc1cccc(Oc2cc(O)c3c(c2N)C(=O)c2ccccc2C3=O)c1. The molecule has 1 aliphatic rings. The summed E-state index contributed by atoms with van der Waals surface area (Å²) in [6, 6.07) is 14.4. The Morgan fingerprint density at radius 1 is 1.00 bits per heavy atom. The summed E-state index contributed by atoms with van der Waals surface area (Å²) in [5, 5.41) is 13.5. The zero-order chi connectivity index (χ0) is 25.1. The van der Waals surface area contributed by atoms with Crippen LogP contribution in [0.1, 0.15) is 71.4 Å². The highest BCUT2D eigenvalue weighted by atomic mass is 16.5. The Balaban J connectivity index is 1.62. The highest BCUT2D eigenvalue weighted by molar-refractivity contribution is 6.31. The molecule has 1 atom stereocenters. The Labute approximate surface area is 203 Å². The molecule has 0 bridgehead atoms. The predicted octanol–water partition coefficient (Wildman–Crippen LogP) is 5.70. The van der Waals surface area contributed by atoms with Gasteiger partial charge >= 0.3 is 0 Å². The second kappa shape index (κ2) is 10.0. The maximum absolute atomic E-state index is 13.1. The first kappa shape index (κ1) is 24.0. The zero-order valence-corrected chi connectivity index (χ0v) is 19.8. The van der Waals surface area contributed by atoms with Crippen LogP contribution in [-0.2, 0) is 4.79 Å². The number of ether oxygens (including phenoxy) is 1. The number of benzene rings is 3. The van der Waals surface area contributed by atoms with Gasteiger partial charge in [0.25, 0.3) is 0 Å². The number of phenols is 1. The van der Waals surface area contributed by atoms with Crippen molar-refractivity contribution in [3.63, 3.8) is 0 Å². The summed E-state index contributed by atoms with van der Waals surface area (Å²) in [6.45, 7) is 4.09. The van der Waals surface area contributed by atoms with Crippen LogP contribution < -0.4 is 15.8 Å². The molecule has 4 N–H and O–H groups in total. The largest absolute Gasteiger partial charge is 0.507 e. The lowest BCUT2D eigenvalue weighted by Crippen LogP contribution is -2.22. The quantitative estimate of drug-likeness (QED) is 0.224. The lowest BCUT2D eigenvalue weighted by molar-refractivity contribution is -0.120. The molecule has 0 radical (unpaired) electrons. The van der Waals surface area contributed by atoms with Crippen LogP contribution in [0.25, 0.3) is 0 Å². The van der Waals surface area contributed by atoms with E-state index in [9.17, 15) is 19.5 Å². The minimum Gasteiger partial charge on any atom is -0.507 e. The molecule has 180 valence electrons. The van der Waals surface area contributed by atoms with Gasteiger partial charge in [0.15, 0.2) is 17.3 Å². The van der Waals surface area contributed by atoms with Gasteiger partial charge in [0.05, 0.1) is 16.8 Å². The summed E-state index contributed by atoms with van der Waals surface area (Å²) in [6.07, 6.45) is 3.60. The number of carbonyl (C=O) groups is 3. The van der Waals surface area contributed by atoms with Crippen LogP contribution in [-0.4, -0.2) is 22.6 Å². The third kappa shape index (κ3) is 4.62. The molecule has 0 saturated heterocycles. The van der Waals surface area contributed by atoms with Crippen LogP contribution in [0.5, 0.6) is 17.2 Å². The van der Waals surface area contributed by atoms with E-state index in [1.807, 2.05) is 6.92 Å². The molecule has 0 aromatic heterocycles. The molecular formula is C28H28N2O5. The molecule has 0 spiro atoms. The van der Waals surface area contributed by atoms with Crippen LogP contribution in [0, 0.1) is 5.92 Å². The molecule has 4 rings (SSSR count). The van der Waals surface area contributed by atoms with Crippen LogP contribution in [0.3, 0.4) is 0 Å². The fourth-order valence-corrected chi connectivity index (χ4v) is 4.34. The number of amides is 1. The van der Waals surface area contributed by atoms with E-state index in [-0.39, 0.29) is 51.3 Å². The number of aromatic hydroxyl groups is 1. The number of phenolic OH excluding ortho intramolecular Hbond substituents is 1. The Morgan fingerprint density at radius 2 is 1.69 bits per heavy atom. The summed E-state index contributed by atoms with van der Waals surface area (Å²) in [5.41, 5.74) is 7.05. The molecule has 0 aliphatic heterocycles. The van der Waals surface area contributed by atoms with Gasteiger partial charge in [-0.05, 0) is 25.0 Å². The van der Waals surface area contributed by atoms with Crippen LogP contribution in [0.2, 0.25) is 0 Å². The van der Waals surface area contributed by atoms with E-state index in [2.05, 4.69) is 12.2 Å². The summed E-state index contributed by atoms with van der Waals surface area (Å²) in [7, 11) is 0. The van der Waals surface area contributed by atoms with E-state index < -0.39 is 11.6 Å². The van der Waals surface area contributed by atoms with Gasteiger partial charge in [-0.1, -0.05) is 57.0 Å². The number of fused-ring (bicyclic) bond motifs is 2.